The van der Waals surface area contributed by atoms with E-state index in [-0.39, 0.29) is 17.1 Å². The quantitative estimate of drug-likeness (QED) is 0.672. The lowest BCUT2D eigenvalue weighted by molar-refractivity contribution is 0.246. The fraction of sp³-hybridized carbons (Fsp3) is 0.294. The van der Waals surface area contributed by atoms with Gasteiger partial charge in [0.25, 0.3) is 0 Å². The molecule has 120 valence electrons. The lowest BCUT2D eigenvalue weighted by Gasteiger charge is -2.40. The molecule has 0 atom stereocenters. The highest BCUT2D eigenvalue weighted by atomic mass is 19.1. The van der Waals surface area contributed by atoms with Crippen LogP contribution in [0.2, 0.25) is 0 Å². The number of guanidine groups is 1. The number of pyridine rings is 1. The summed E-state index contributed by atoms with van der Waals surface area (Å²) in [6.45, 7) is 0.472. The van der Waals surface area contributed by atoms with Crippen molar-refractivity contribution in [3.8, 4) is 0 Å². The standard InChI is InChI=1S/C17H18F2N4/c18-12-5-6-13(19)14(10-12)23-16(20)22-11-17(7-3-8-17)15-4-1-2-9-21-15/h1-2,4-6,9-10H,3,7-8,11H2,(H3,20,22,23). The molecule has 6 heteroatoms. The van der Waals surface area contributed by atoms with E-state index < -0.39 is 11.6 Å². The third kappa shape index (κ3) is 3.31. The van der Waals surface area contributed by atoms with E-state index in [9.17, 15) is 8.78 Å². The summed E-state index contributed by atoms with van der Waals surface area (Å²) in [6, 6.07) is 8.97. The summed E-state index contributed by atoms with van der Waals surface area (Å²) in [6.07, 6.45) is 4.88. The Morgan fingerprint density at radius 3 is 2.74 bits per heavy atom. The van der Waals surface area contributed by atoms with Gasteiger partial charge in [-0.15, -0.1) is 0 Å². The number of rotatable bonds is 4. The molecule has 3 N–H and O–H groups in total. The van der Waals surface area contributed by atoms with Gasteiger partial charge in [0.15, 0.2) is 5.96 Å². The lowest BCUT2D eigenvalue weighted by atomic mass is 9.66. The number of hydrogen-bond donors (Lipinski definition) is 2. The molecule has 3 rings (SSSR count). The molecule has 0 aliphatic heterocycles. The third-order valence-corrected chi connectivity index (χ3v) is 4.26. The molecule has 2 aromatic rings. The van der Waals surface area contributed by atoms with Gasteiger partial charge < -0.3 is 11.1 Å². The first-order valence-electron chi connectivity index (χ1n) is 7.53. The molecule has 23 heavy (non-hydrogen) atoms. The van der Waals surface area contributed by atoms with Crippen LogP contribution in [0.15, 0.2) is 47.6 Å². The van der Waals surface area contributed by atoms with Crippen LogP contribution in [-0.4, -0.2) is 17.5 Å². The van der Waals surface area contributed by atoms with Crippen molar-refractivity contribution in [2.45, 2.75) is 24.7 Å². The molecule has 1 heterocycles. The van der Waals surface area contributed by atoms with Crippen molar-refractivity contribution in [3.63, 3.8) is 0 Å². The third-order valence-electron chi connectivity index (χ3n) is 4.26. The second-order valence-electron chi connectivity index (χ2n) is 5.80. The maximum atomic E-state index is 13.6. The number of hydrogen-bond acceptors (Lipinski definition) is 2. The van der Waals surface area contributed by atoms with E-state index in [2.05, 4.69) is 15.3 Å². The molecule has 1 saturated carbocycles. The first-order valence-corrected chi connectivity index (χ1v) is 7.53. The Morgan fingerprint density at radius 1 is 1.26 bits per heavy atom. The Balaban J connectivity index is 1.72. The molecule has 0 radical (unpaired) electrons. The average Bonchev–Trinajstić information content (AvgIpc) is 2.51. The van der Waals surface area contributed by atoms with Gasteiger partial charge in [0.1, 0.15) is 11.6 Å². The van der Waals surface area contributed by atoms with Crippen LogP contribution in [0.1, 0.15) is 25.0 Å². The first-order chi connectivity index (χ1) is 11.1. The van der Waals surface area contributed by atoms with Crippen LogP contribution in [0.3, 0.4) is 0 Å². The highest BCUT2D eigenvalue weighted by molar-refractivity contribution is 5.92. The highest BCUT2D eigenvalue weighted by Crippen LogP contribution is 2.42. The first kappa shape index (κ1) is 15.4. The minimum atomic E-state index is -0.576. The van der Waals surface area contributed by atoms with Crippen molar-refractivity contribution in [3.05, 3.63) is 59.9 Å². The summed E-state index contributed by atoms with van der Waals surface area (Å²) in [5.74, 6) is -1.05. The second-order valence-corrected chi connectivity index (χ2v) is 5.80. The van der Waals surface area contributed by atoms with Crippen molar-refractivity contribution in [1.29, 1.82) is 0 Å². The summed E-state index contributed by atoms with van der Waals surface area (Å²) in [4.78, 5) is 8.74. The predicted octanol–water partition coefficient (Wildman–Crippen LogP) is 3.21. The summed E-state index contributed by atoms with van der Waals surface area (Å²) in [5.41, 5.74) is 6.69. The van der Waals surface area contributed by atoms with E-state index in [1.165, 1.54) is 0 Å². The molecule has 4 nitrogen and oxygen atoms in total. The zero-order valence-corrected chi connectivity index (χ0v) is 12.6. The van der Waals surface area contributed by atoms with Crippen LogP contribution < -0.4 is 11.1 Å². The Morgan fingerprint density at radius 2 is 2.09 bits per heavy atom. The summed E-state index contributed by atoms with van der Waals surface area (Å²) < 4.78 is 26.8. The van der Waals surface area contributed by atoms with E-state index in [1.807, 2.05) is 18.2 Å². The van der Waals surface area contributed by atoms with Crippen LogP contribution >= 0.6 is 0 Å². The van der Waals surface area contributed by atoms with Gasteiger partial charge >= 0.3 is 0 Å². The SMILES string of the molecule is NC(=NCC1(c2ccccn2)CCC1)Nc1cc(F)ccc1F. The number of benzene rings is 1. The van der Waals surface area contributed by atoms with Gasteiger partial charge in [0.2, 0.25) is 0 Å². The van der Waals surface area contributed by atoms with Crippen LogP contribution in [0.4, 0.5) is 14.5 Å². The van der Waals surface area contributed by atoms with Crippen LogP contribution in [0, 0.1) is 11.6 Å². The Bertz CT molecular complexity index is 712. The summed E-state index contributed by atoms with van der Waals surface area (Å²) >= 11 is 0. The zero-order chi connectivity index (χ0) is 16.3. The van der Waals surface area contributed by atoms with E-state index >= 15 is 0 Å². The molecule has 1 aromatic heterocycles. The maximum absolute atomic E-state index is 13.6. The van der Waals surface area contributed by atoms with Crippen molar-refractivity contribution in [1.82, 2.24) is 4.98 Å². The van der Waals surface area contributed by atoms with Crippen molar-refractivity contribution >= 4 is 11.6 Å². The molecule has 0 amide bonds. The minimum absolute atomic E-state index is 0.0215. The fourth-order valence-corrected chi connectivity index (χ4v) is 2.78. The highest BCUT2D eigenvalue weighted by Gasteiger charge is 2.39. The number of nitrogens with two attached hydrogens (primary N) is 1. The number of aliphatic imine (C=N–C) groups is 1. The lowest BCUT2D eigenvalue weighted by Crippen LogP contribution is -2.39. The molecular weight excluding hydrogens is 298 g/mol. The monoisotopic (exact) mass is 316 g/mol. The largest absolute Gasteiger partial charge is 0.370 e. The van der Waals surface area contributed by atoms with Gasteiger partial charge in [-0.25, -0.2) is 8.78 Å². The van der Waals surface area contributed by atoms with Crippen LogP contribution in [0.5, 0.6) is 0 Å². The predicted molar refractivity (Wildman–Crippen MR) is 86.2 cm³/mol. The normalized spacial score (nSPS) is 16.7. The average molecular weight is 316 g/mol. The number of nitrogens with zero attached hydrogens (tertiary/aromatic N) is 2. The topological polar surface area (TPSA) is 63.3 Å². The molecule has 0 spiro atoms. The van der Waals surface area contributed by atoms with Crippen molar-refractivity contribution < 1.29 is 8.78 Å². The van der Waals surface area contributed by atoms with E-state index in [0.29, 0.717) is 6.54 Å². The molecule has 1 fully saturated rings. The van der Waals surface area contributed by atoms with Gasteiger partial charge in [0, 0.05) is 23.4 Å². The van der Waals surface area contributed by atoms with Crippen LogP contribution in [0.25, 0.3) is 0 Å². The van der Waals surface area contributed by atoms with Gasteiger partial charge in [-0.1, -0.05) is 12.5 Å². The molecule has 0 bridgehead atoms. The van der Waals surface area contributed by atoms with Gasteiger partial charge in [-0.2, -0.15) is 0 Å². The van der Waals surface area contributed by atoms with Crippen molar-refractivity contribution in [2.24, 2.45) is 10.7 Å². The fourth-order valence-electron chi connectivity index (χ4n) is 2.78. The minimum Gasteiger partial charge on any atom is -0.370 e. The number of nitrogens with one attached hydrogen (secondary N) is 1. The van der Waals surface area contributed by atoms with Crippen LogP contribution in [-0.2, 0) is 5.41 Å². The molecule has 1 aliphatic carbocycles. The van der Waals surface area contributed by atoms with E-state index in [1.54, 1.807) is 6.20 Å². The summed E-state index contributed by atoms with van der Waals surface area (Å²) in [7, 11) is 0. The maximum Gasteiger partial charge on any atom is 0.193 e. The number of anilines is 1. The molecule has 0 saturated heterocycles. The Kier molecular flexibility index (Phi) is 4.23. The Labute approximate surface area is 133 Å². The second kappa shape index (κ2) is 6.32. The molecule has 1 aliphatic rings. The van der Waals surface area contributed by atoms with Gasteiger partial charge in [-0.05, 0) is 37.1 Å². The van der Waals surface area contributed by atoms with Gasteiger partial charge in [-0.3, -0.25) is 9.98 Å². The van der Waals surface area contributed by atoms with E-state index in [4.69, 9.17) is 5.73 Å². The molecule has 1 aromatic carbocycles. The number of aromatic nitrogens is 1. The van der Waals surface area contributed by atoms with Crippen molar-refractivity contribution in [2.75, 3.05) is 11.9 Å². The Hall–Kier alpha value is -2.50. The zero-order valence-electron chi connectivity index (χ0n) is 12.6. The number of halogens is 2. The summed E-state index contributed by atoms with van der Waals surface area (Å²) in [5, 5.41) is 2.62. The van der Waals surface area contributed by atoms with Gasteiger partial charge in [0.05, 0.1) is 12.2 Å². The molecule has 0 unspecified atom stereocenters. The smallest absolute Gasteiger partial charge is 0.193 e. The molecular formula is C17H18F2N4. The van der Waals surface area contributed by atoms with E-state index in [0.717, 1.165) is 43.2 Å².